The fourth-order valence-corrected chi connectivity index (χ4v) is 2.29. The van der Waals surface area contributed by atoms with Crippen LogP contribution in [0.25, 0.3) is 0 Å². The number of carbonyl (C=O) groups is 1. The predicted octanol–water partition coefficient (Wildman–Crippen LogP) is 1.45. The summed E-state index contributed by atoms with van der Waals surface area (Å²) in [5, 5.41) is 16.3. The number of benzene rings is 1. The molecule has 3 N–H and O–H groups in total. The lowest BCUT2D eigenvalue weighted by atomic mass is 10.0. The highest BCUT2D eigenvalue weighted by molar-refractivity contribution is 5.88. The Morgan fingerprint density at radius 1 is 1.55 bits per heavy atom. The molecule has 1 amide bonds. The molecule has 0 saturated carbocycles. The molecule has 110 valence electrons. The normalized spacial score (nSPS) is 23.6. The molecule has 1 aromatic carbocycles. The summed E-state index contributed by atoms with van der Waals surface area (Å²) < 4.78 is 5.22. The number of amides is 1. The molecule has 0 bridgehead atoms. The average molecular weight is 278 g/mol. The molecule has 1 saturated heterocycles. The first-order chi connectivity index (χ1) is 9.48. The van der Waals surface area contributed by atoms with Gasteiger partial charge in [0.05, 0.1) is 6.61 Å². The maximum absolute atomic E-state index is 11.1. The van der Waals surface area contributed by atoms with Crippen LogP contribution in [-0.4, -0.2) is 36.4 Å². The second kappa shape index (κ2) is 6.35. The van der Waals surface area contributed by atoms with Crippen molar-refractivity contribution in [1.82, 2.24) is 5.32 Å². The lowest BCUT2D eigenvalue weighted by Gasteiger charge is -2.24. The monoisotopic (exact) mass is 278 g/mol. The Balaban J connectivity index is 1.94. The van der Waals surface area contributed by atoms with Gasteiger partial charge in [-0.1, -0.05) is 12.1 Å². The number of nitrogens with one attached hydrogen (secondary N) is 2. The van der Waals surface area contributed by atoms with Gasteiger partial charge in [-0.3, -0.25) is 4.79 Å². The molecular weight excluding hydrogens is 256 g/mol. The van der Waals surface area contributed by atoms with Crippen molar-refractivity contribution in [3.63, 3.8) is 0 Å². The molecule has 5 heteroatoms. The minimum Gasteiger partial charge on any atom is -0.386 e. The molecule has 2 rings (SSSR count). The molecule has 0 radical (unpaired) electrons. The largest absolute Gasteiger partial charge is 0.386 e. The average Bonchev–Trinajstić information content (AvgIpc) is 2.83. The molecule has 0 spiro atoms. The molecule has 2 atom stereocenters. The number of aliphatic hydroxyl groups is 1. The maximum atomic E-state index is 11.1. The quantitative estimate of drug-likeness (QED) is 0.762. The van der Waals surface area contributed by atoms with Gasteiger partial charge in [-0.25, -0.2) is 0 Å². The van der Waals surface area contributed by atoms with E-state index in [1.54, 1.807) is 0 Å². The molecule has 5 nitrogen and oxygen atoms in total. The second-order valence-corrected chi connectivity index (χ2v) is 5.44. The molecule has 0 unspecified atom stereocenters. The second-order valence-electron chi connectivity index (χ2n) is 5.44. The van der Waals surface area contributed by atoms with Gasteiger partial charge in [-0.15, -0.1) is 0 Å². The van der Waals surface area contributed by atoms with Gasteiger partial charge >= 0.3 is 0 Å². The highest BCUT2D eigenvalue weighted by atomic mass is 16.5. The van der Waals surface area contributed by atoms with Crippen LogP contribution < -0.4 is 10.6 Å². The number of rotatable bonds is 5. The minimum atomic E-state index is -0.760. The SMILES string of the molecule is CC(=O)Nc1cccc([C@@H](C)NC[C@]2(O)CCOC2)c1. The first-order valence-corrected chi connectivity index (χ1v) is 6.90. The summed E-state index contributed by atoms with van der Waals surface area (Å²) in [6.07, 6.45) is 0.665. The minimum absolute atomic E-state index is 0.0832. The molecule has 0 aromatic heterocycles. The third kappa shape index (κ3) is 4.03. The zero-order valence-electron chi connectivity index (χ0n) is 12.0. The van der Waals surface area contributed by atoms with E-state index in [2.05, 4.69) is 10.6 Å². The van der Waals surface area contributed by atoms with Crippen molar-refractivity contribution in [3.8, 4) is 0 Å². The molecule has 1 aromatic rings. The summed E-state index contributed by atoms with van der Waals surface area (Å²) in [7, 11) is 0. The highest BCUT2D eigenvalue weighted by Gasteiger charge is 2.32. The zero-order chi connectivity index (χ0) is 14.6. The first kappa shape index (κ1) is 15.0. The van der Waals surface area contributed by atoms with Crippen molar-refractivity contribution in [2.24, 2.45) is 0 Å². The van der Waals surface area contributed by atoms with Crippen LogP contribution in [0.1, 0.15) is 31.9 Å². The molecular formula is C15H22N2O3. The molecule has 1 aliphatic rings. The number of ether oxygens (including phenoxy) is 1. The fourth-order valence-electron chi connectivity index (χ4n) is 2.29. The molecule has 0 aliphatic carbocycles. The summed E-state index contributed by atoms with van der Waals surface area (Å²) in [6, 6.07) is 7.79. The van der Waals surface area contributed by atoms with Gasteiger partial charge < -0.3 is 20.5 Å². The Kier molecular flexibility index (Phi) is 4.75. The number of anilines is 1. The topological polar surface area (TPSA) is 70.6 Å². The lowest BCUT2D eigenvalue weighted by molar-refractivity contribution is -0.114. The van der Waals surface area contributed by atoms with E-state index >= 15 is 0 Å². The van der Waals surface area contributed by atoms with E-state index in [1.807, 2.05) is 31.2 Å². The number of hydrogen-bond acceptors (Lipinski definition) is 4. The van der Waals surface area contributed by atoms with Crippen LogP contribution in [0.2, 0.25) is 0 Å². The summed E-state index contributed by atoms with van der Waals surface area (Å²) in [6.45, 7) is 5.03. The van der Waals surface area contributed by atoms with Crippen LogP contribution >= 0.6 is 0 Å². The molecule has 1 fully saturated rings. The van der Waals surface area contributed by atoms with E-state index in [-0.39, 0.29) is 11.9 Å². The van der Waals surface area contributed by atoms with E-state index in [4.69, 9.17) is 4.74 Å². The van der Waals surface area contributed by atoms with E-state index in [0.29, 0.717) is 26.2 Å². The van der Waals surface area contributed by atoms with Crippen molar-refractivity contribution >= 4 is 11.6 Å². The molecule has 1 heterocycles. The van der Waals surface area contributed by atoms with E-state index < -0.39 is 5.60 Å². The number of carbonyl (C=O) groups excluding carboxylic acids is 1. The Bertz CT molecular complexity index is 470. The Hall–Kier alpha value is -1.43. The van der Waals surface area contributed by atoms with Gasteiger partial charge in [0.2, 0.25) is 5.91 Å². The van der Waals surface area contributed by atoms with Gasteiger partial charge in [-0.05, 0) is 24.6 Å². The van der Waals surface area contributed by atoms with Gasteiger partial charge in [0.1, 0.15) is 5.60 Å². The van der Waals surface area contributed by atoms with Crippen LogP contribution in [0.4, 0.5) is 5.69 Å². The van der Waals surface area contributed by atoms with Crippen molar-refractivity contribution in [2.45, 2.75) is 31.9 Å². The number of hydrogen-bond donors (Lipinski definition) is 3. The van der Waals surface area contributed by atoms with E-state index in [0.717, 1.165) is 11.3 Å². The molecule has 20 heavy (non-hydrogen) atoms. The van der Waals surface area contributed by atoms with Gasteiger partial charge in [0, 0.05) is 38.2 Å². The standard InChI is InChI=1S/C15H22N2O3/c1-11(16-9-15(19)6-7-20-10-15)13-4-3-5-14(8-13)17-12(2)18/h3-5,8,11,16,19H,6-7,9-10H2,1-2H3,(H,17,18)/t11-,15-/m1/s1. The zero-order valence-corrected chi connectivity index (χ0v) is 12.0. The fraction of sp³-hybridized carbons (Fsp3) is 0.533. The van der Waals surface area contributed by atoms with Crippen molar-refractivity contribution in [1.29, 1.82) is 0 Å². The van der Waals surface area contributed by atoms with E-state index in [9.17, 15) is 9.90 Å². The lowest BCUT2D eigenvalue weighted by Crippen LogP contribution is -2.41. The Labute approximate surface area is 119 Å². The van der Waals surface area contributed by atoms with Gasteiger partial charge in [-0.2, -0.15) is 0 Å². The van der Waals surface area contributed by atoms with Crippen molar-refractivity contribution in [2.75, 3.05) is 25.1 Å². The summed E-state index contributed by atoms with van der Waals surface area (Å²) in [4.78, 5) is 11.1. The van der Waals surface area contributed by atoms with E-state index in [1.165, 1.54) is 6.92 Å². The van der Waals surface area contributed by atoms with Crippen LogP contribution in [0, 0.1) is 0 Å². The smallest absolute Gasteiger partial charge is 0.221 e. The maximum Gasteiger partial charge on any atom is 0.221 e. The van der Waals surface area contributed by atoms with Crippen molar-refractivity contribution in [3.05, 3.63) is 29.8 Å². The summed E-state index contributed by atoms with van der Waals surface area (Å²) in [5.74, 6) is -0.0832. The van der Waals surface area contributed by atoms with Gasteiger partial charge in [0.25, 0.3) is 0 Å². The summed E-state index contributed by atoms with van der Waals surface area (Å²) in [5.41, 5.74) is 1.09. The third-order valence-corrected chi connectivity index (χ3v) is 3.53. The van der Waals surface area contributed by atoms with Crippen LogP contribution in [-0.2, 0) is 9.53 Å². The molecule has 1 aliphatic heterocycles. The van der Waals surface area contributed by atoms with Gasteiger partial charge in [0.15, 0.2) is 0 Å². The first-order valence-electron chi connectivity index (χ1n) is 6.90. The van der Waals surface area contributed by atoms with Crippen LogP contribution in [0.5, 0.6) is 0 Å². The Morgan fingerprint density at radius 3 is 3.00 bits per heavy atom. The van der Waals surface area contributed by atoms with Crippen molar-refractivity contribution < 1.29 is 14.6 Å². The van der Waals surface area contributed by atoms with Crippen LogP contribution in [0.15, 0.2) is 24.3 Å². The summed E-state index contributed by atoms with van der Waals surface area (Å²) >= 11 is 0. The highest BCUT2D eigenvalue weighted by Crippen LogP contribution is 2.21. The predicted molar refractivity (Wildman–Crippen MR) is 77.5 cm³/mol. The van der Waals surface area contributed by atoms with Crippen LogP contribution in [0.3, 0.4) is 0 Å². The Morgan fingerprint density at radius 2 is 2.35 bits per heavy atom. The third-order valence-electron chi connectivity index (χ3n) is 3.53.